The molecule has 4 rings (SSSR count). The first-order valence-corrected chi connectivity index (χ1v) is 9.71. The van der Waals surface area contributed by atoms with E-state index >= 15 is 0 Å². The van der Waals surface area contributed by atoms with E-state index in [1.165, 1.54) is 48.9 Å². The van der Waals surface area contributed by atoms with Crippen LogP contribution >= 0.6 is 0 Å². The number of benzene rings is 2. The van der Waals surface area contributed by atoms with Gasteiger partial charge in [0.15, 0.2) is 0 Å². The molecule has 0 aliphatic carbocycles. The Morgan fingerprint density at radius 3 is 2.70 bits per heavy atom. The zero-order valence-corrected chi connectivity index (χ0v) is 17.1. The zero-order chi connectivity index (χ0) is 23.0. The molecule has 0 saturated carbocycles. The highest BCUT2D eigenvalue weighted by Gasteiger charge is 2.12. The molecule has 0 fully saturated rings. The lowest BCUT2D eigenvalue weighted by molar-refractivity contribution is -0.384. The Kier molecular flexibility index (Phi) is 6.40. The lowest BCUT2D eigenvalue weighted by Crippen LogP contribution is -2.17. The van der Waals surface area contributed by atoms with E-state index in [9.17, 15) is 14.9 Å². The summed E-state index contributed by atoms with van der Waals surface area (Å²) in [7, 11) is 0. The van der Waals surface area contributed by atoms with Crippen LogP contribution in [0, 0.1) is 10.1 Å². The normalized spacial score (nSPS) is 10.8. The number of non-ortho nitro benzene ring substituents is 1. The highest BCUT2D eigenvalue weighted by atomic mass is 16.6. The summed E-state index contributed by atoms with van der Waals surface area (Å²) in [6.45, 7) is 0.0782. The molecule has 33 heavy (non-hydrogen) atoms. The number of nitro groups is 1. The number of hydrogen-bond acceptors (Lipinski definition) is 8. The second-order valence-corrected chi connectivity index (χ2v) is 6.69. The smallest absolute Gasteiger partial charge is 0.271 e. The van der Waals surface area contributed by atoms with Crippen molar-refractivity contribution >= 4 is 17.8 Å². The van der Waals surface area contributed by atoms with Gasteiger partial charge < -0.3 is 4.74 Å². The van der Waals surface area contributed by atoms with Crippen molar-refractivity contribution in [1.29, 1.82) is 0 Å². The summed E-state index contributed by atoms with van der Waals surface area (Å²) in [5, 5.41) is 23.2. The minimum absolute atomic E-state index is 0.0782. The minimum atomic E-state index is -0.526. The molecule has 11 nitrogen and oxygen atoms in total. The fraction of sp³-hybridized carbons (Fsp3) is 0.0455. The highest BCUT2D eigenvalue weighted by molar-refractivity contribution is 5.95. The van der Waals surface area contributed by atoms with Crippen molar-refractivity contribution in [2.24, 2.45) is 5.10 Å². The molecule has 0 bridgehead atoms. The monoisotopic (exact) mass is 443 g/mol. The van der Waals surface area contributed by atoms with Crippen molar-refractivity contribution in [2.45, 2.75) is 6.61 Å². The van der Waals surface area contributed by atoms with E-state index < -0.39 is 10.8 Å². The van der Waals surface area contributed by atoms with E-state index in [1.807, 2.05) is 30.3 Å². The topological polar surface area (TPSA) is 137 Å². The summed E-state index contributed by atoms with van der Waals surface area (Å²) in [6.07, 6.45) is 5.98. The predicted molar refractivity (Wildman–Crippen MR) is 118 cm³/mol. The molecule has 164 valence electrons. The molecule has 1 N–H and O–H groups in total. The SMILES string of the molecule is O=C(N/N=C/c1cc([N+](=O)[O-])ccc1OCc1cn(-c2ccccc2)nn1)c1ccncc1. The van der Waals surface area contributed by atoms with Crippen LogP contribution < -0.4 is 10.2 Å². The van der Waals surface area contributed by atoms with E-state index in [4.69, 9.17) is 4.74 Å². The number of carbonyl (C=O) groups is 1. The van der Waals surface area contributed by atoms with E-state index in [0.717, 1.165) is 5.69 Å². The number of rotatable bonds is 8. The Morgan fingerprint density at radius 1 is 1.15 bits per heavy atom. The standard InChI is InChI=1S/C22H17N7O4/c30-22(16-8-10-23-11-9-16)26-24-13-17-12-20(29(31)32)6-7-21(17)33-15-18-14-28(27-25-18)19-4-2-1-3-5-19/h1-14H,15H2,(H,26,30)/b24-13+. The van der Waals surface area contributed by atoms with Gasteiger partial charge in [-0.25, -0.2) is 10.1 Å². The summed E-state index contributed by atoms with van der Waals surface area (Å²) in [5.74, 6) is -0.115. The lowest BCUT2D eigenvalue weighted by Gasteiger charge is -2.07. The molecule has 2 aromatic carbocycles. The van der Waals surface area contributed by atoms with Gasteiger partial charge in [0.05, 0.1) is 23.0 Å². The summed E-state index contributed by atoms with van der Waals surface area (Å²) in [5.41, 5.74) is 4.33. The number of aromatic nitrogens is 4. The van der Waals surface area contributed by atoms with Gasteiger partial charge in [0, 0.05) is 35.7 Å². The van der Waals surface area contributed by atoms with Crippen molar-refractivity contribution in [2.75, 3.05) is 0 Å². The maximum absolute atomic E-state index is 12.1. The summed E-state index contributed by atoms with van der Waals surface area (Å²) >= 11 is 0. The second kappa shape index (κ2) is 9.92. The van der Waals surface area contributed by atoms with E-state index in [0.29, 0.717) is 22.6 Å². The van der Waals surface area contributed by atoms with Crippen LogP contribution in [0.25, 0.3) is 5.69 Å². The van der Waals surface area contributed by atoms with Crippen molar-refractivity contribution in [3.8, 4) is 11.4 Å². The number of nitro benzene ring substituents is 1. The molecule has 0 saturated heterocycles. The Bertz CT molecular complexity index is 1290. The van der Waals surface area contributed by atoms with Crippen molar-refractivity contribution < 1.29 is 14.5 Å². The first-order chi connectivity index (χ1) is 16.1. The van der Waals surface area contributed by atoms with Crippen LogP contribution in [0.2, 0.25) is 0 Å². The van der Waals surface area contributed by atoms with Crippen LogP contribution in [0.5, 0.6) is 5.75 Å². The Morgan fingerprint density at radius 2 is 1.94 bits per heavy atom. The number of amides is 1. The predicted octanol–water partition coefficient (Wildman–Crippen LogP) is 2.91. The Balaban J connectivity index is 1.48. The third-order valence-corrected chi connectivity index (χ3v) is 4.45. The number of para-hydroxylation sites is 1. The third kappa shape index (κ3) is 5.41. The largest absolute Gasteiger partial charge is 0.486 e. The first kappa shape index (κ1) is 21.3. The van der Waals surface area contributed by atoms with Gasteiger partial charge in [0.2, 0.25) is 0 Å². The Labute approximate surface area is 187 Å². The van der Waals surface area contributed by atoms with E-state index in [1.54, 1.807) is 10.9 Å². The molecule has 0 aliphatic heterocycles. The number of nitrogens with zero attached hydrogens (tertiary/aromatic N) is 6. The molecule has 0 spiro atoms. The van der Waals surface area contributed by atoms with Crippen molar-refractivity contribution in [3.63, 3.8) is 0 Å². The lowest BCUT2D eigenvalue weighted by atomic mass is 10.2. The molecule has 4 aromatic rings. The van der Waals surface area contributed by atoms with Crippen LogP contribution in [0.4, 0.5) is 5.69 Å². The van der Waals surface area contributed by atoms with E-state index in [2.05, 4.69) is 25.8 Å². The van der Waals surface area contributed by atoms with Crippen LogP contribution in [-0.2, 0) is 6.61 Å². The first-order valence-electron chi connectivity index (χ1n) is 9.71. The molecule has 0 aliphatic rings. The number of hydrazone groups is 1. The fourth-order valence-electron chi connectivity index (χ4n) is 2.83. The van der Waals surface area contributed by atoms with Crippen LogP contribution in [-0.4, -0.2) is 37.0 Å². The summed E-state index contributed by atoms with van der Waals surface area (Å²) < 4.78 is 7.42. The molecule has 0 radical (unpaired) electrons. The van der Waals surface area contributed by atoms with Crippen LogP contribution in [0.15, 0.2) is 84.4 Å². The van der Waals surface area contributed by atoms with Crippen LogP contribution in [0.3, 0.4) is 0 Å². The maximum Gasteiger partial charge on any atom is 0.271 e. The molecule has 11 heteroatoms. The van der Waals surface area contributed by atoms with Crippen LogP contribution in [0.1, 0.15) is 21.6 Å². The molecule has 0 atom stereocenters. The number of carbonyl (C=O) groups excluding carboxylic acids is 1. The molecule has 2 aromatic heterocycles. The average Bonchev–Trinajstić information content (AvgIpc) is 3.33. The maximum atomic E-state index is 12.1. The number of ether oxygens (including phenoxy) is 1. The van der Waals surface area contributed by atoms with E-state index in [-0.39, 0.29) is 12.3 Å². The number of nitrogens with one attached hydrogen (secondary N) is 1. The molecule has 1 amide bonds. The highest BCUT2D eigenvalue weighted by Crippen LogP contribution is 2.23. The third-order valence-electron chi connectivity index (χ3n) is 4.45. The molecule has 2 heterocycles. The zero-order valence-electron chi connectivity index (χ0n) is 17.1. The number of pyridine rings is 1. The fourth-order valence-corrected chi connectivity index (χ4v) is 2.83. The molecular formula is C22H17N7O4. The average molecular weight is 443 g/mol. The minimum Gasteiger partial charge on any atom is -0.486 e. The van der Waals surface area contributed by atoms with Gasteiger partial charge >= 0.3 is 0 Å². The number of hydrogen-bond donors (Lipinski definition) is 1. The van der Waals surface area contributed by atoms with Crippen molar-refractivity contribution in [3.05, 3.63) is 106 Å². The quantitative estimate of drug-likeness (QED) is 0.251. The van der Waals surface area contributed by atoms with Gasteiger partial charge in [0.1, 0.15) is 18.1 Å². The van der Waals surface area contributed by atoms with Crippen molar-refractivity contribution in [1.82, 2.24) is 25.4 Å². The van der Waals surface area contributed by atoms with Gasteiger partial charge in [0.25, 0.3) is 11.6 Å². The second-order valence-electron chi connectivity index (χ2n) is 6.69. The van der Waals surface area contributed by atoms with Gasteiger partial charge in [-0.3, -0.25) is 19.9 Å². The van der Waals surface area contributed by atoms with Gasteiger partial charge in [-0.15, -0.1) is 5.10 Å². The Hall–Kier alpha value is -4.93. The van der Waals surface area contributed by atoms with Gasteiger partial charge in [-0.1, -0.05) is 23.4 Å². The van der Waals surface area contributed by atoms with Gasteiger partial charge in [-0.2, -0.15) is 5.10 Å². The summed E-state index contributed by atoms with van der Waals surface area (Å²) in [4.78, 5) is 26.6. The molecule has 0 unspecified atom stereocenters. The summed E-state index contributed by atoms with van der Waals surface area (Å²) in [6, 6.07) is 16.6. The van der Waals surface area contributed by atoms with Gasteiger partial charge in [-0.05, 0) is 30.3 Å². The molecular weight excluding hydrogens is 426 g/mol.